The van der Waals surface area contributed by atoms with Crippen molar-refractivity contribution in [3.8, 4) is 0 Å². The molecule has 0 aliphatic carbocycles. The molecule has 112 valence electrons. The van der Waals surface area contributed by atoms with Gasteiger partial charge in [0.15, 0.2) is 0 Å². The number of carboxylic acids is 1. The number of para-hydroxylation sites is 1. The molecule has 1 aliphatic rings. The highest BCUT2D eigenvalue weighted by atomic mass is 32.2. The minimum Gasteiger partial charge on any atom is -0.481 e. The molecule has 2 heterocycles. The molecule has 1 fully saturated rings. The maximum absolute atomic E-state index is 12.3. The Bertz CT molecular complexity index is 776. The first kappa shape index (κ1) is 14.8. The van der Waals surface area contributed by atoms with Crippen molar-refractivity contribution in [3.05, 3.63) is 41.0 Å². The van der Waals surface area contributed by atoms with Crippen LogP contribution in [0.25, 0.3) is 17.0 Å². The molecular weight excluding hydrogens is 322 g/mol. The van der Waals surface area contributed by atoms with Crippen molar-refractivity contribution < 1.29 is 19.1 Å². The topological polar surface area (TPSA) is 70.8 Å². The first-order chi connectivity index (χ1) is 10.5. The van der Waals surface area contributed by atoms with Gasteiger partial charge in [0.25, 0.3) is 5.91 Å². The Balaban J connectivity index is 1.84. The number of carbonyl (C=O) groups is 2. The lowest BCUT2D eigenvalue weighted by Gasteiger charge is -2.12. The molecule has 0 radical (unpaired) electrons. The SMILES string of the molecule is O=C(O)CCN1C(=O)/C(=C\c2cc3ccccc3o2)SC1=S. The van der Waals surface area contributed by atoms with Gasteiger partial charge < -0.3 is 9.52 Å². The van der Waals surface area contributed by atoms with Gasteiger partial charge in [0.05, 0.1) is 11.3 Å². The average molecular weight is 333 g/mol. The summed E-state index contributed by atoms with van der Waals surface area (Å²) < 4.78 is 6.02. The maximum atomic E-state index is 12.3. The second-order valence-corrected chi connectivity index (χ2v) is 6.34. The fraction of sp³-hybridized carbons (Fsp3) is 0.133. The van der Waals surface area contributed by atoms with E-state index in [4.69, 9.17) is 21.7 Å². The first-order valence-corrected chi connectivity index (χ1v) is 7.73. The van der Waals surface area contributed by atoms with Gasteiger partial charge in [-0.3, -0.25) is 14.5 Å². The number of furan rings is 1. The van der Waals surface area contributed by atoms with E-state index in [0.717, 1.165) is 22.7 Å². The number of benzene rings is 1. The highest BCUT2D eigenvalue weighted by molar-refractivity contribution is 8.26. The Morgan fingerprint density at radius 3 is 2.91 bits per heavy atom. The smallest absolute Gasteiger partial charge is 0.305 e. The van der Waals surface area contributed by atoms with Gasteiger partial charge in [-0.05, 0) is 12.1 Å². The number of hydrogen-bond acceptors (Lipinski definition) is 5. The van der Waals surface area contributed by atoms with E-state index in [1.807, 2.05) is 30.3 Å². The van der Waals surface area contributed by atoms with Crippen molar-refractivity contribution >= 4 is 57.2 Å². The van der Waals surface area contributed by atoms with Gasteiger partial charge in [-0.2, -0.15) is 0 Å². The summed E-state index contributed by atoms with van der Waals surface area (Å²) in [7, 11) is 0. The zero-order valence-corrected chi connectivity index (χ0v) is 12.9. The molecule has 0 spiro atoms. The Kier molecular flexibility index (Phi) is 4.00. The van der Waals surface area contributed by atoms with Crippen molar-refractivity contribution in [2.75, 3.05) is 6.54 Å². The number of fused-ring (bicyclic) bond motifs is 1. The van der Waals surface area contributed by atoms with E-state index in [1.54, 1.807) is 6.08 Å². The Morgan fingerprint density at radius 2 is 2.18 bits per heavy atom. The van der Waals surface area contributed by atoms with Gasteiger partial charge in [-0.15, -0.1) is 0 Å². The third-order valence-corrected chi connectivity index (χ3v) is 4.52. The third kappa shape index (κ3) is 2.90. The number of hydrogen-bond donors (Lipinski definition) is 1. The van der Waals surface area contributed by atoms with Crippen LogP contribution in [0, 0.1) is 0 Å². The van der Waals surface area contributed by atoms with Gasteiger partial charge in [-0.1, -0.05) is 42.2 Å². The van der Waals surface area contributed by atoms with Gasteiger partial charge in [0, 0.05) is 18.0 Å². The third-order valence-electron chi connectivity index (χ3n) is 3.14. The summed E-state index contributed by atoms with van der Waals surface area (Å²) in [5, 5.41) is 9.66. The molecule has 7 heteroatoms. The van der Waals surface area contributed by atoms with Gasteiger partial charge in [0.2, 0.25) is 0 Å². The van der Waals surface area contributed by atoms with E-state index < -0.39 is 5.97 Å². The highest BCUT2D eigenvalue weighted by Gasteiger charge is 2.32. The quantitative estimate of drug-likeness (QED) is 0.685. The van der Waals surface area contributed by atoms with Crippen LogP contribution in [-0.4, -0.2) is 32.7 Å². The van der Waals surface area contributed by atoms with E-state index in [2.05, 4.69) is 0 Å². The Hall–Kier alpha value is -2.12. The van der Waals surface area contributed by atoms with Crippen LogP contribution in [0.4, 0.5) is 0 Å². The predicted octanol–water partition coefficient (Wildman–Crippen LogP) is 3.11. The van der Waals surface area contributed by atoms with Crippen LogP contribution in [0.2, 0.25) is 0 Å². The molecule has 0 atom stereocenters. The maximum Gasteiger partial charge on any atom is 0.305 e. The molecule has 0 saturated carbocycles. The lowest BCUT2D eigenvalue weighted by Crippen LogP contribution is -2.30. The van der Waals surface area contributed by atoms with E-state index in [-0.39, 0.29) is 18.9 Å². The molecule has 3 rings (SSSR count). The van der Waals surface area contributed by atoms with Crippen LogP contribution in [0.1, 0.15) is 12.2 Å². The predicted molar refractivity (Wildman–Crippen MR) is 88.3 cm³/mol. The molecule has 1 amide bonds. The van der Waals surface area contributed by atoms with Gasteiger partial charge in [0.1, 0.15) is 15.7 Å². The molecular formula is C15H11NO4S2. The van der Waals surface area contributed by atoms with E-state index in [9.17, 15) is 9.59 Å². The molecule has 1 aromatic carbocycles. The molecule has 0 bridgehead atoms. The van der Waals surface area contributed by atoms with E-state index in [1.165, 1.54) is 4.90 Å². The zero-order valence-electron chi connectivity index (χ0n) is 11.3. The van der Waals surface area contributed by atoms with E-state index in [0.29, 0.717) is 15.0 Å². The van der Waals surface area contributed by atoms with Gasteiger partial charge in [-0.25, -0.2) is 0 Å². The fourth-order valence-electron chi connectivity index (χ4n) is 2.10. The lowest BCUT2D eigenvalue weighted by atomic mass is 10.2. The zero-order chi connectivity index (χ0) is 15.7. The lowest BCUT2D eigenvalue weighted by molar-refractivity contribution is -0.137. The molecule has 2 aromatic rings. The Morgan fingerprint density at radius 1 is 1.41 bits per heavy atom. The van der Waals surface area contributed by atoms with Crippen molar-refractivity contribution in [3.63, 3.8) is 0 Å². The number of amides is 1. The summed E-state index contributed by atoms with van der Waals surface area (Å²) in [6, 6.07) is 9.41. The molecule has 1 saturated heterocycles. The summed E-state index contributed by atoms with van der Waals surface area (Å²) in [6.45, 7) is 0.0808. The van der Waals surface area contributed by atoms with Crippen molar-refractivity contribution in [1.82, 2.24) is 4.90 Å². The largest absolute Gasteiger partial charge is 0.481 e. The summed E-state index contributed by atoms with van der Waals surface area (Å²) in [6.07, 6.45) is 1.50. The van der Waals surface area contributed by atoms with E-state index >= 15 is 0 Å². The summed E-state index contributed by atoms with van der Waals surface area (Å²) in [4.78, 5) is 24.6. The normalized spacial score (nSPS) is 16.9. The summed E-state index contributed by atoms with van der Waals surface area (Å²) in [5.74, 6) is -0.674. The second-order valence-electron chi connectivity index (χ2n) is 4.66. The van der Waals surface area contributed by atoms with Crippen LogP contribution < -0.4 is 0 Å². The van der Waals surface area contributed by atoms with Gasteiger partial charge >= 0.3 is 5.97 Å². The number of thiocarbonyl (C=S) groups is 1. The number of nitrogens with zero attached hydrogens (tertiary/aromatic N) is 1. The van der Waals surface area contributed by atoms with Crippen LogP contribution in [0.3, 0.4) is 0 Å². The molecule has 0 unspecified atom stereocenters. The van der Waals surface area contributed by atoms with Crippen LogP contribution in [0.15, 0.2) is 39.7 Å². The first-order valence-electron chi connectivity index (χ1n) is 6.50. The van der Waals surface area contributed by atoms with Crippen molar-refractivity contribution in [2.45, 2.75) is 6.42 Å². The van der Waals surface area contributed by atoms with Crippen LogP contribution in [-0.2, 0) is 9.59 Å². The van der Waals surface area contributed by atoms with Crippen molar-refractivity contribution in [1.29, 1.82) is 0 Å². The molecule has 1 aliphatic heterocycles. The summed E-state index contributed by atoms with van der Waals surface area (Å²) in [5.41, 5.74) is 0.745. The standard InChI is InChI=1S/C15H11NO4S2/c17-13(18)5-6-16-14(19)12(22-15(16)21)8-10-7-9-3-1-2-4-11(9)20-10/h1-4,7-8H,5-6H2,(H,17,18)/b12-8+. The molecule has 22 heavy (non-hydrogen) atoms. The monoisotopic (exact) mass is 333 g/mol. The average Bonchev–Trinajstić information content (AvgIpc) is 2.99. The molecule has 5 nitrogen and oxygen atoms in total. The van der Waals surface area contributed by atoms with Crippen LogP contribution in [0.5, 0.6) is 0 Å². The molecule has 1 aromatic heterocycles. The van der Waals surface area contributed by atoms with Crippen molar-refractivity contribution in [2.24, 2.45) is 0 Å². The number of rotatable bonds is 4. The second kappa shape index (κ2) is 5.94. The minimum atomic E-state index is -0.963. The van der Waals surface area contributed by atoms with Crippen LogP contribution >= 0.6 is 24.0 Å². The molecule has 1 N–H and O–H groups in total. The highest BCUT2D eigenvalue weighted by Crippen LogP contribution is 2.33. The minimum absolute atomic E-state index is 0.0808. The number of carbonyl (C=O) groups excluding carboxylic acids is 1. The number of aliphatic carboxylic acids is 1. The summed E-state index contributed by atoms with van der Waals surface area (Å²) >= 11 is 6.29. The fourth-order valence-corrected chi connectivity index (χ4v) is 3.39. The number of carboxylic acid groups (broad SMARTS) is 1. The number of thioether (sulfide) groups is 1. The Labute approximate surface area is 135 Å².